The molecule has 0 N–H and O–H groups in total. The molecule has 3 aromatic heterocycles. The summed E-state index contributed by atoms with van der Waals surface area (Å²) in [5.74, 6) is 0. The normalized spacial score (nSPS) is 11.9. The third kappa shape index (κ3) is 4.12. The summed E-state index contributed by atoms with van der Waals surface area (Å²) in [5, 5.41) is 7.56. The van der Waals surface area contributed by atoms with E-state index in [1.807, 2.05) is 0 Å². The molecule has 0 fully saturated rings. The smallest absolute Gasteiger partial charge is 0.0547 e. The van der Waals surface area contributed by atoms with Crippen molar-refractivity contribution < 1.29 is 0 Å². The van der Waals surface area contributed by atoms with Crippen LogP contribution in [-0.2, 0) is 0 Å². The SMILES string of the molecule is c1ccc(-n2c3ccccc3c3ccc(-c4ccc5c6ccccc6n(-c6cccc(-n7c8ccccc8c8ccccc87)c6)c5c4)cc32)cc1. The van der Waals surface area contributed by atoms with E-state index >= 15 is 0 Å². The molecule has 0 atom stereocenters. The molecule has 0 aliphatic carbocycles. The summed E-state index contributed by atoms with van der Waals surface area (Å²) in [6.07, 6.45) is 0. The van der Waals surface area contributed by atoms with Crippen LogP contribution in [0.4, 0.5) is 0 Å². The predicted octanol–water partition coefficient (Wildman–Crippen LogP) is 12.6. The van der Waals surface area contributed by atoms with Crippen molar-refractivity contribution in [1.29, 1.82) is 0 Å². The van der Waals surface area contributed by atoms with Gasteiger partial charge in [-0.05, 0) is 77.9 Å². The Balaban J connectivity index is 1.13. The molecule has 0 aliphatic rings. The van der Waals surface area contributed by atoms with E-state index in [4.69, 9.17) is 0 Å². The number of benzene rings is 8. The summed E-state index contributed by atoms with van der Waals surface area (Å²) >= 11 is 0. The molecule has 0 amide bonds. The summed E-state index contributed by atoms with van der Waals surface area (Å²) in [6.45, 7) is 0. The van der Waals surface area contributed by atoms with Crippen molar-refractivity contribution in [2.24, 2.45) is 0 Å². The van der Waals surface area contributed by atoms with E-state index in [0.717, 1.165) is 11.4 Å². The Hall–Kier alpha value is -6.84. The minimum absolute atomic E-state index is 1.14. The maximum absolute atomic E-state index is 2.44. The van der Waals surface area contributed by atoms with Gasteiger partial charge in [-0.15, -0.1) is 0 Å². The Morgan fingerprint density at radius 2 is 0.549 bits per heavy atom. The van der Waals surface area contributed by atoms with Crippen LogP contribution < -0.4 is 0 Å². The second kappa shape index (κ2) is 10.8. The van der Waals surface area contributed by atoms with Gasteiger partial charge in [-0.2, -0.15) is 0 Å². The number of hydrogen-bond acceptors (Lipinski definition) is 0. The fourth-order valence-electron chi connectivity index (χ4n) is 8.41. The van der Waals surface area contributed by atoms with Gasteiger partial charge in [0.1, 0.15) is 0 Å². The van der Waals surface area contributed by atoms with Crippen molar-refractivity contribution in [3.8, 4) is 28.2 Å². The molecule has 0 radical (unpaired) electrons. The Kier molecular flexibility index (Phi) is 5.96. The fraction of sp³-hybridized carbons (Fsp3) is 0. The second-order valence-corrected chi connectivity index (χ2v) is 13.4. The molecule has 0 aliphatic heterocycles. The van der Waals surface area contributed by atoms with Gasteiger partial charge in [0.25, 0.3) is 0 Å². The first kappa shape index (κ1) is 28.0. The zero-order valence-electron chi connectivity index (χ0n) is 27.7. The van der Waals surface area contributed by atoms with Gasteiger partial charge in [0.15, 0.2) is 0 Å². The lowest BCUT2D eigenvalue weighted by atomic mass is 10.0. The van der Waals surface area contributed by atoms with Crippen molar-refractivity contribution in [2.45, 2.75) is 0 Å². The summed E-state index contributed by atoms with van der Waals surface area (Å²) in [7, 11) is 0. The highest BCUT2D eigenvalue weighted by Gasteiger charge is 2.17. The molecular weight excluding hydrogens is 619 g/mol. The first-order chi connectivity index (χ1) is 25.3. The van der Waals surface area contributed by atoms with Gasteiger partial charge < -0.3 is 13.7 Å². The molecule has 0 unspecified atom stereocenters. The van der Waals surface area contributed by atoms with Gasteiger partial charge in [0, 0.05) is 49.4 Å². The number of para-hydroxylation sites is 5. The zero-order valence-corrected chi connectivity index (χ0v) is 27.7. The van der Waals surface area contributed by atoms with Crippen molar-refractivity contribution in [3.63, 3.8) is 0 Å². The molecule has 0 bridgehead atoms. The van der Waals surface area contributed by atoms with E-state index in [-0.39, 0.29) is 0 Å². The average Bonchev–Trinajstić information content (AvgIpc) is 3.83. The molecule has 0 saturated carbocycles. The average molecular weight is 650 g/mol. The van der Waals surface area contributed by atoms with Crippen LogP contribution in [-0.4, -0.2) is 13.7 Å². The van der Waals surface area contributed by atoms with Crippen LogP contribution >= 0.6 is 0 Å². The van der Waals surface area contributed by atoms with Gasteiger partial charge in [0.05, 0.1) is 33.1 Å². The number of fused-ring (bicyclic) bond motifs is 9. The molecule has 51 heavy (non-hydrogen) atoms. The number of hydrogen-bond donors (Lipinski definition) is 0. The van der Waals surface area contributed by atoms with Crippen LogP contribution in [0.1, 0.15) is 0 Å². The molecule has 0 saturated heterocycles. The fourth-order valence-corrected chi connectivity index (χ4v) is 8.41. The predicted molar refractivity (Wildman–Crippen MR) is 215 cm³/mol. The number of nitrogens with zero attached hydrogens (tertiary/aromatic N) is 3. The van der Waals surface area contributed by atoms with E-state index in [0.29, 0.717) is 0 Å². The van der Waals surface area contributed by atoms with Crippen molar-refractivity contribution in [3.05, 3.63) is 188 Å². The Morgan fingerprint density at radius 3 is 1.00 bits per heavy atom. The third-order valence-corrected chi connectivity index (χ3v) is 10.6. The van der Waals surface area contributed by atoms with Crippen molar-refractivity contribution in [1.82, 2.24) is 13.7 Å². The standard InChI is InChI=1S/C48H31N3/c1-2-13-34(14-3-1)49-43-21-8-6-19-39(43)41-27-25-32(29-47(41)49)33-26-28-42-40-20-7-11-24-46(40)51(48(42)30-33)36-16-12-15-35(31-36)50-44-22-9-4-17-37(44)38-18-5-10-23-45(38)50/h1-31H. The van der Waals surface area contributed by atoms with Crippen LogP contribution in [0.15, 0.2) is 188 Å². The molecule has 3 heterocycles. The maximum Gasteiger partial charge on any atom is 0.0547 e. The van der Waals surface area contributed by atoms with E-state index in [1.54, 1.807) is 0 Å². The molecule has 3 nitrogen and oxygen atoms in total. The molecule has 0 spiro atoms. The monoisotopic (exact) mass is 649 g/mol. The Bertz CT molecular complexity index is 3080. The molecule has 238 valence electrons. The first-order valence-electron chi connectivity index (χ1n) is 17.5. The van der Waals surface area contributed by atoms with E-state index in [1.165, 1.54) is 82.2 Å². The van der Waals surface area contributed by atoms with Crippen LogP contribution in [0, 0.1) is 0 Å². The lowest BCUT2D eigenvalue weighted by Gasteiger charge is -2.13. The Morgan fingerprint density at radius 1 is 0.216 bits per heavy atom. The van der Waals surface area contributed by atoms with Crippen LogP contribution in [0.5, 0.6) is 0 Å². The first-order valence-corrected chi connectivity index (χ1v) is 17.5. The van der Waals surface area contributed by atoms with E-state index in [2.05, 4.69) is 202 Å². The van der Waals surface area contributed by atoms with Crippen molar-refractivity contribution in [2.75, 3.05) is 0 Å². The Labute approximate surface area is 294 Å². The lowest BCUT2D eigenvalue weighted by molar-refractivity contribution is 1.13. The maximum atomic E-state index is 2.44. The zero-order chi connectivity index (χ0) is 33.5. The third-order valence-electron chi connectivity index (χ3n) is 10.6. The topological polar surface area (TPSA) is 14.8 Å². The lowest BCUT2D eigenvalue weighted by Crippen LogP contribution is -1.98. The second-order valence-electron chi connectivity index (χ2n) is 13.4. The molecule has 8 aromatic carbocycles. The molecule has 11 rings (SSSR count). The van der Waals surface area contributed by atoms with Gasteiger partial charge in [-0.25, -0.2) is 0 Å². The van der Waals surface area contributed by atoms with Gasteiger partial charge in [-0.3, -0.25) is 0 Å². The highest BCUT2D eigenvalue weighted by molar-refractivity contribution is 6.13. The summed E-state index contributed by atoms with van der Waals surface area (Å²) in [5.41, 5.74) is 13.1. The summed E-state index contributed by atoms with van der Waals surface area (Å²) < 4.78 is 7.23. The van der Waals surface area contributed by atoms with Gasteiger partial charge >= 0.3 is 0 Å². The van der Waals surface area contributed by atoms with Gasteiger partial charge in [0.2, 0.25) is 0 Å². The quantitative estimate of drug-likeness (QED) is 0.180. The number of rotatable bonds is 4. The van der Waals surface area contributed by atoms with Crippen LogP contribution in [0.25, 0.3) is 93.6 Å². The summed E-state index contributed by atoms with van der Waals surface area (Å²) in [4.78, 5) is 0. The minimum atomic E-state index is 1.14. The summed E-state index contributed by atoms with van der Waals surface area (Å²) in [6, 6.07) is 68.5. The molecule has 11 aromatic rings. The highest BCUT2D eigenvalue weighted by Crippen LogP contribution is 2.39. The minimum Gasteiger partial charge on any atom is -0.309 e. The largest absolute Gasteiger partial charge is 0.309 e. The van der Waals surface area contributed by atoms with E-state index in [9.17, 15) is 0 Å². The number of aromatic nitrogens is 3. The van der Waals surface area contributed by atoms with Gasteiger partial charge in [-0.1, -0.05) is 121 Å². The van der Waals surface area contributed by atoms with Crippen LogP contribution in [0.2, 0.25) is 0 Å². The molecule has 3 heteroatoms. The van der Waals surface area contributed by atoms with E-state index < -0.39 is 0 Å². The van der Waals surface area contributed by atoms with Crippen molar-refractivity contribution >= 4 is 65.4 Å². The van der Waals surface area contributed by atoms with Crippen LogP contribution in [0.3, 0.4) is 0 Å². The molecular formula is C48H31N3. The highest BCUT2D eigenvalue weighted by atomic mass is 15.0.